The summed E-state index contributed by atoms with van der Waals surface area (Å²) in [5.74, 6) is 0.230. The third-order valence-electron chi connectivity index (χ3n) is 3.02. The van der Waals surface area contributed by atoms with Crippen LogP contribution in [0.1, 0.15) is 6.92 Å². The summed E-state index contributed by atoms with van der Waals surface area (Å²) < 4.78 is 4.89. The first-order valence-corrected chi connectivity index (χ1v) is 4.79. The minimum Gasteiger partial charge on any atom is -0.466 e. The maximum absolute atomic E-state index is 11.3. The third-order valence-corrected chi connectivity index (χ3v) is 3.02. The summed E-state index contributed by atoms with van der Waals surface area (Å²) in [6.07, 6.45) is -0.889. The van der Waals surface area contributed by atoms with Crippen molar-refractivity contribution >= 4 is 12.1 Å². The lowest BCUT2D eigenvalue weighted by Crippen LogP contribution is -2.31. The van der Waals surface area contributed by atoms with Crippen LogP contribution in [0.3, 0.4) is 0 Å². The molecule has 1 amide bonds. The Morgan fingerprint density at radius 1 is 1.43 bits per heavy atom. The number of ether oxygens (including phenoxy) is 1. The molecular weight excluding hydrogens is 186 g/mol. The van der Waals surface area contributed by atoms with Crippen LogP contribution < -0.4 is 0 Å². The first-order valence-electron chi connectivity index (χ1n) is 4.79. The van der Waals surface area contributed by atoms with Crippen molar-refractivity contribution in [3.63, 3.8) is 0 Å². The molecular formula is C9H13NO4. The molecule has 1 aliphatic heterocycles. The highest BCUT2D eigenvalue weighted by Crippen LogP contribution is 2.52. The van der Waals surface area contributed by atoms with Crippen LogP contribution in [0.25, 0.3) is 0 Å². The molecule has 0 spiro atoms. The molecule has 2 fully saturated rings. The molecule has 0 aromatic rings. The van der Waals surface area contributed by atoms with Gasteiger partial charge in [0.2, 0.25) is 0 Å². The summed E-state index contributed by atoms with van der Waals surface area (Å²) in [5.41, 5.74) is 0. The highest BCUT2D eigenvalue weighted by atomic mass is 16.5. The van der Waals surface area contributed by atoms with Crippen molar-refractivity contribution in [2.45, 2.75) is 6.92 Å². The summed E-state index contributed by atoms with van der Waals surface area (Å²) >= 11 is 0. The van der Waals surface area contributed by atoms with Gasteiger partial charge in [-0.25, -0.2) is 4.79 Å². The lowest BCUT2D eigenvalue weighted by atomic mass is 10.3. The smallest absolute Gasteiger partial charge is 0.407 e. The Balaban J connectivity index is 1.85. The molecule has 0 aromatic heterocycles. The third kappa shape index (κ3) is 1.32. The predicted octanol–water partition coefficient (Wildman–Crippen LogP) is 0.405. The Hall–Kier alpha value is -1.26. The molecule has 1 saturated heterocycles. The van der Waals surface area contributed by atoms with Crippen molar-refractivity contribution < 1.29 is 19.4 Å². The second-order valence-corrected chi connectivity index (χ2v) is 3.79. The summed E-state index contributed by atoms with van der Waals surface area (Å²) in [6.45, 7) is 3.16. The van der Waals surface area contributed by atoms with Gasteiger partial charge in [-0.1, -0.05) is 0 Å². The van der Waals surface area contributed by atoms with E-state index in [9.17, 15) is 9.59 Å². The van der Waals surface area contributed by atoms with Crippen molar-refractivity contribution in [3.05, 3.63) is 0 Å². The van der Waals surface area contributed by atoms with Gasteiger partial charge in [0.1, 0.15) is 0 Å². The molecule has 78 valence electrons. The average Bonchev–Trinajstić information content (AvgIpc) is 2.62. The molecule has 0 radical (unpaired) electrons. The van der Waals surface area contributed by atoms with Crippen LogP contribution in [-0.2, 0) is 9.53 Å². The molecule has 1 N–H and O–H groups in total. The van der Waals surface area contributed by atoms with Crippen molar-refractivity contribution in [2.75, 3.05) is 19.7 Å². The van der Waals surface area contributed by atoms with E-state index in [1.54, 1.807) is 6.92 Å². The van der Waals surface area contributed by atoms with Crippen LogP contribution in [0.2, 0.25) is 0 Å². The average molecular weight is 199 g/mol. The van der Waals surface area contributed by atoms with Gasteiger partial charge < -0.3 is 14.7 Å². The Bertz CT molecular complexity index is 266. The van der Waals surface area contributed by atoms with Gasteiger partial charge in [0.15, 0.2) is 0 Å². The summed E-state index contributed by atoms with van der Waals surface area (Å²) in [7, 11) is 0. The second-order valence-electron chi connectivity index (χ2n) is 3.79. The van der Waals surface area contributed by atoms with E-state index >= 15 is 0 Å². The van der Waals surface area contributed by atoms with E-state index in [1.165, 1.54) is 4.90 Å². The number of likely N-dealkylation sites (tertiary alicyclic amines) is 1. The fraction of sp³-hybridized carbons (Fsp3) is 0.778. The van der Waals surface area contributed by atoms with E-state index in [1.807, 2.05) is 0 Å². The molecule has 0 aromatic carbocycles. The van der Waals surface area contributed by atoms with E-state index < -0.39 is 6.09 Å². The predicted molar refractivity (Wildman–Crippen MR) is 46.7 cm³/mol. The molecule has 1 unspecified atom stereocenters. The number of nitrogens with zero attached hydrogens (tertiary/aromatic N) is 1. The molecule has 5 heteroatoms. The fourth-order valence-corrected chi connectivity index (χ4v) is 2.27. The largest absolute Gasteiger partial charge is 0.466 e. The number of carboxylic acid groups (broad SMARTS) is 1. The van der Waals surface area contributed by atoms with Crippen LogP contribution in [0, 0.1) is 17.8 Å². The van der Waals surface area contributed by atoms with Crippen LogP contribution >= 0.6 is 0 Å². The first-order chi connectivity index (χ1) is 6.65. The number of carbonyl (C=O) groups excluding carboxylic acids is 1. The number of rotatable bonds is 2. The van der Waals surface area contributed by atoms with Crippen LogP contribution in [0.15, 0.2) is 0 Å². The standard InChI is InChI=1S/C9H13NO4/c1-2-14-8(11)7-5-3-10(9(12)13)4-6(5)7/h5-7H,2-4H2,1H3,(H,12,13)/t5-,6+,7?. The number of esters is 1. The maximum Gasteiger partial charge on any atom is 0.407 e. The number of amides is 1. The zero-order valence-corrected chi connectivity index (χ0v) is 7.97. The Morgan fingerprint density at radius 2 is 2.00 bits per heavy atom. The van der Waals surface area contributed by atoms with E-state index in [0.29, 0.717) is 19.7 Å². The van der Waals surface area contributed by atoms with Gasteiger partial charge in [-0.15, -0.1) is 0 Å². The SMILES string of the molecule is CCOC(=O)C1[C@H]2CN(C(=O)O)C[C@@H]12. The highest BCUT2D eigenvalue weighted by molar-refractivity contribution is 5.78. The fourth-order valence-electron chi connectivity index (χ4n) is 2.27. The quantitative estimate of drug-likeness (QED) is 0.654. The lowest BCUT2D eigenvalue weighted by Gasteiger charge is -2.14. The Labute approximate surface area is 81.6 Å². The normalized spacial score (nSPS) is 33.8. The summed E-state index contributed by atoms with van der Waals surface area (Å²) in [5, 5.41) is 8.69. The Morgan fingerprint density at radius 3 is 2.43 bits per heavy atom. The highest BCUT2D eigenvalue weighted by Gasteiger charge is 2.61. The topological polar surface area (TPSA) is 66.8 Å². The molecule has 3 atom stereocenters. The van der Waals surface area contributed by atoms with E-state index in [2.05, 4.69) is 0 Å². The van der Waals surface area contributed by atoms with Gasteiger partial charge in [-0.05, 0) is 18.8 Å². The van der Waals surface area contributed by atoms with Gasteiger partial charge in [-0.2, -0.15) is 0 Å². The van der Waals surface area contributed by atoms with Gasteiger partial charge >= 0.3 is 12.1 Å². The molecule has 1 heterocycles. The van der Waals surface area contributed by atoms with Gasteiger partial charge in [0.05, 0.1) is 12.5 Å². The van der Waals surface area contributed by atoms with Crippen LogP contribution in [0.5, 0.6) is 0 Å². The second kappa shape index (κ2) is 3.15. The molecule has 5 nitrogen and oxygen atoms in total. The zero-order chi connectivity index (χ0) is 10.3. The number of hydrogen-bond acceptors (Lipinski definition) is 3. The van der Waals surface area contributed by atoms with Gasteiger partial charge in [-0.3, -0.25) is 4.79 Å². The van der Waals surface area contributed by atoms with E-state index in [-0.39, 0.29) is 23.7 Å². The molecule has 2 rings (SSSR count). The first kappa shape index (κ1) is 9.30. The monoisotopic (exact) mass is 199 g/mol. The number of fused-ring (bicyclic) bond motifs is 1. The molecule has 0 bridgehead atoms. The van der Waals surface area contributed by atoms with Crippen molar-refractivity contribution in [3.8, 4) is 0 Å². The van der Waals surface area contributed by atoms with Gasteiger partial charge in [0.25, 0.3) is 0 Å². The summed E-state index contributed by atoms with van der Waals surface area (Å²) in [4.78, 5) is 23.3. The lowest BCUT2D eigenvalue weighted by molar-refractivity contribution is -0.145. The van der Waals surface area contributed by atoms with Crippen LogP contribution in [0.4, 0.5) is 4.79 Å². The molecule has 1 saturated carbocycles. The van der Waals surface area contributed by atoms with Crippen molar-refractivity contribution in [1.29, 1.82) is 0 Å². The minimum atomic E-state index is -0.889. The van der Waals surface area contributed by atoms with E-state index in [0.717, 1.165) is 0 Å². The number of hydrogen-bond donors (Lipinski definition) is 1. The van der Waals surface area contributed by atoms with E-state index in [4.69, 9.17) is 9.84 Å². The van der Waals surface area contributed by atoms with Crippen LogP contribution in [-0.4, -0.2) is 41.8 Å². The van der Waals surface area contributed by atoms with Gasteiger partial charge in [0, 0.05) is 13.1 Å². The minimum absolute atomic E-state index is 0.0365. The summed E-state index contributed by atoms with van der Waals surface area (Å²) in [6, 6.07) is 0. The molecule has 2 aliphatic rings. The number of piperidine rings is 1. The molecule has 14 heavy (non-hydrogen) atoms. The Kier molecular flexibility index (Phi) is 2.09. The molecule has 1 aliphatic carbocycles. The number of carbonyl (C=O) groups is 2. The van der Waals surface area contributed by atoms with Crippen molar-refractivity contribution in [1.82, 2.24) is 4.90 Å². The zero-order valence-electron chi connectivity index (χ0n) is 7.97. The van der Waals surface area contributed by atoms with Crippen molar-refractivity contribution in [2.24, 2.45) is 17.8 Å². The maximum atomic E-state index is 11.3.